The van der Waals surface area contributed by atoms with Crippen molar-refractivity contribution in [3.05, 3.63) is 71.1 Å². The van der Waals surface area contributed by atoms with Crippen LogP contribution in [0.1, 0.15) is 16.9 Å². The van der Waals surface area contributed by atoms with Crippen LogP contribution in [-0.2, 0) is 4.74 Å². The molecule has 162 valence electrons. The number of hydrogen-bond donors (Lipinski definition) is 1. The maximum absolute atomic E-state index is 13.3. The van der Waals surface area contributed by atoms with Crippen molar-refractivity contribution in [2.24, 2.45) is 0 Å². The lowest BCUT2D eigenvalue weighted by Crippen LogP contribution is -2.38. The van der Waals surface area contributed by atoms with E-state index in [1.54, 1.807) is 41.1 Å². The van der Waals surface area contributed by atoms with Gasteiger partial charge in [-0.1, -0.05) is 17.7 Å². The predicted octanol–water partition coefficient (Wildman–Crippen LogP) is 3.78. The highest BCUT2D eigenvalue weighted by molar-refractivity contribution is 6.30. The van der Waals surface area contributed by atoms with E-state index in [4.69, 9.17) is 16.3 Å². The summed E-state index contributed by atoms with van der Waals surface area (Å²) in [5.41, 5.74) is 2.38. The number of ether oxygens (including phenoxy) is 1. The van der Waals surface area contributed by atoms with Crippen LogP contribution in [0.2, 0.25) is 5.02 Å². The van der Waals surface area contributed by atoms with E-state index in [1.807, 2.05) is 6.07 Å². The second-order valence-corrected chi connectivity index (χ2v) is 7.81. The van der Waals surface area contributed by atoms with Crippen LogP contribution >= 0.6 is 11.6 Å². The Kier molecular flexibility index (Phi) is 6.96. The number of benzene rings is 2. The van der Waals surface area contributed by atoms with Gasteiger partial charge in [-0.3, -0.25) is 9.69 Å². The van der Waals surface area contributed by atoms with Crippen LogP contribution in [0.4, 0.5) is 4.39 Å². The quantitative estimate of drug-likeness (QED) is 0.566. The van der Waals surface area contributed by atoms with Crippen LogP contribution in [0, 0.1) is 5.82 Å². The van der Waals surface area contributed by atoms with Crippen molar-refractivity contribution in [2.75, 3.05) is 39.4 Å². The molecule has 1 fully saturated rings. The first kappa shape index (κ1) is 21.5. The Morgan fingerprint density at radius 2 is 1.90 bits per heavy atom. The van der Waals surface area contributed by atoms with Crippen molar-refractivity contribution < 1.29 is 13.9 Å². The molecule has 1 aliphatic rings. The Morgan fingerprint density at radius 3 is 2.65 bits per heavy atom. The number of aromatic nitrogens is 2. The van der Waals surface area contributed by atoms with Crippen molar-refractivity contribution in [2.45, 2.75) is 6.42 Å². The lowest BCUT2D eigenvalue weighted by molar-refractivity contribution is 0.0374. The van der Waals surface area contributed by atoms with E-state index < -0.39 is 0 Å². The summed E-state index contributed by atoms with van der Waals surface area (Å²) in [6.45, 7) is 4.85. The van der Waals surface area contributed by atoms with Crippen LogP contribution in [0.3, 0.4) is 0 Å². The number of carbonyl (C=O) groups excluding carboxylic acids is 1. The summed E-state index contributed by atoms with van der Waals surface area (Å²) in [7, 11) is 0. The molecule has 0 radical (unpaired) electrons. The topological polar surface area (TPSA) is 59.4 Å². The summed E-state index contributed by atoms with van der Waals surface area (Å²) in [4.78, 5) is 15.3. The van der Waals surface area contributed by atoms with E-state index in [0.717, 1.165) is 44.8 Å². The Morgan fingerprint density at radius 1 is 1.13 bits per heavy atom. The molecule has 0 saturated carbocycles. The van der Waals surface area contributed by atoms with Crippen LogP contribution in [-0.4, -0.2) is 60.0 Å². The van der Waals surface area contributed by atoms with E-state index in [-0.39, 0.29) is 11.7 Å². The molecule has 3 aromatic rings. The minimum absolute atomic E-state index is 0.220. The largest absolute Gasteiger partial charge is 0.379 e. The van der Waals surface area contributed by atoms with Gasteiger partial charge in [0.2, 0.25) is 0 Å². The van der Waals surface area contributed by atoms with Gasteiger partial charge in [0.25, 0.3) is 5.91 Å². The molecule has 1 saturated heterocycles. The fourth-order valence-corrected chi connectivity index (χ4v) is 3.71. The Bertz CT molecular complexity index is 1030. The number of halogens is 2. The van der Waals surface area contributed by atoms with Crippen molar-refractivity contribution >= 4 is 17.5 Å². The number of carbonyl (C=O) groups is 1. The molecule has 0 aliphatic carbocycles. The molecule has 0 spiro atoms. The lowest BCUT2D eigenvalue weighted by atomic mass is 10.1. The summed E-state index contributed by atoms with van der Waals surface area (Å²) < 4.78 is 20.2. The molecule has 0 atom stereocenters. The van der Waals surface area contributed by atoms with Crippen LogP contribution in [0.5, 0.6) is 0 Å². The molecular weight excluding hydrogens is 419 g/mol. The molecular formula is C23H24ClFN4O2. The van der Waals surface area contributed by atoms with Crippen LogP contribution in [0.15, 0.2) is 54.6 Å². The standard InChI is InChI=1S/C23H24ClFN4O2/c24-18-3-1-4-20(15-18)29-22(16-21(27-29)17-5-7-19(25)8-6-17)23(30)26-9-2-10-28-11-13-31-14-12-28/h1,3-8,15-16H,2,9-14H2,(H,26,30). The molecule has 0 bridgehead atoms. The first-order valence-corrected chi connectivity index (χ1v) is 10.7. The minimum atomic E-state index is -0.323. The Hall–Kier alpha value is -2.74. The van der Waals surface area contributed by atoms with Crippen molar-refractivity contribution in [3.8, 4) is 16.9 Å². The zero-order valence-electron chi connectivity index (χ0n) is 17.1. The SMILES string of the molecule is O=C(NCCCN1CCOCC1)c1cc(-c2ccc(F)cc2)nn1-c1cccc(Cl)c1. The van der Waals surface area contributed by atoms with Gasteiger partial charge in [-0.25, -0.2) is 9.07 Å². The van der Waals surface area contributed by atoms with Crippen LogP contribution < -0.4 is 5.32 Å². The van der Waals surface area contributed by atoms with Crippen molar-refractivity contribution in [3.63, 3.8) is 0 Å². The molecule has 4 rings (SSSR count). The van der Waals surface area contributed by atoms with Gasteiger partial charge >= 0.3 is 0 Å². The fraction of sp³-hybridized carbons (Fsp3) is 0.304. The van der Waals surface area contributed by atoms with E-state index >= 15 is 0 Å². The zero-order valence-corrected chi connectivity index (χ0v) is 17.8. The van der Waals surface area contributed by atoms with E-state index in [0.29, 0.717) is 28.6 Å². The highest BCUT2D eigenvalue weighted by Gasteiger charge is 2.18. The van der Waals surface area contributed by atoms with Gasteiger partial charge in [-0.2, -0.15) is 5.10 Å². The molecule has 6 nitrogen and oxygen atoms in total. The number of nitrogens with zero attached hydrogens (tertiary/aromatic N) is 3. The maximum Gasteiger partial charge on any atom is 0.270 e. The zero-order chi connectivity index (χ0) is 21.6. The first-order valence-electron chi connectivity index (χ1n) is 10.3. The monoisotopic (exact) mass is 442 g/mol. The summed E-state index contributed by atoms with van der Waals surface area (Å²) in [6, 6.07) is 14.9. The lowest BCUT2D eigenvalue weighted by Gasteiger charge is -2.26. The van der Waals surface area contributed by atoms with E-state index in [1.165, 1.54) is 12.1 Å². The van der Waals surface area contributed by atoms with Gasteiger partial charge in [0.05, 0.1) is 24.6 Å². The number of amides is 1. The van der Waals surface area contributed by atoms with Gasteiger partial charge < -0.3 is 10.1 Å². The Labute approximate surface area is 185 Å². The molecule has 1 aliphatic heterocycles. The van der Waals surface area contributed by atoms with E-state index in [9.17, 15) is 9.18 Å². The van der Waals surface area contributed by atoms with Gasteiger partial charge in [-0.15, -0.1) is 0 Å². The highest BCUT2D eigenvalue weighted by Crippen LogP contribution is 2.23. The summed E-state index contributed by atoms with van der Waals surface area (Å²) in [6.07, 6.45) is 0.849. The average molecular weight is 443 g/mol. The van der Waals surface area contributed by atoms with Crippen molar-refractivity contribution in [1.29, 1.82) is 0 Å². The minimum Gasteiger partial charge on any atom is -0.379 e. The second-order valence-electron chi connectivity index (χ2n) is 7.38. The Balaban J connectivity index is 1.51. The summed E-state index contributed by atoms with van der Waals surface area (Å²) in [5.74, 6) is -0.543. The second kappa shape index (κ2) is 10.0. The third kappa shape index (κ3) is 5.50. The predicted molar refractivity (Wildman–Crippen MR) is 118 cm³/mol. The van der Waals surface area contributed by atoms with Crippen molar-refractivity contribution in [1.82, 2.24) is 20.0 Å². The van der Waals surface area contributed by atoms with Gasteiger partial charge in [0, 0.05) is 30.2 Å². The number of rotatable bonds is 7. The number of nitrogens with one attached hydrogen (secondary N) is 1. The number of hydrogen-bond acceptors (Lipinski definition) is 4. The summed E-state index contributed by atoms with van der Waals surface area (Å²) >= 11 is 6.15. The molecule has 1 N–H and O–H groups in total. The molecule has 2 heterocycles. The van der Waals surface area contributed by atoms with Crippen LogP contribution in [0.25, 0.3) is 16.9 Å². The normalized spacial score (nSPS) is 14.5. The first-order chi connectivity index (χ1) is 15.1. The highest BCUT2D eigenvalue weighted by atomic mass is 35.5. The average Bonchev–Trinajstić information content (AvgIpc) is 3.23. The van der Waals surface area contributed by atoms with Gasteiger partial charge in [-0.05, 0) is 61.5 Å². The fourth-order valence-electron chi connectivity index (χ4n) is 3.53. The van der Waals surface area contributed by atoms with E-state index in [2.05, 4.69) is 15.3 Å². The third-order valence-electron chi connectivity index (χ3n) is 5.18. The molecule has 31 heavy (non-hydrogen) atoms. The summed E-state index contributed by atoms with van der Waals surface area (Å²) in [5, 5.41) is 8.13. The van der Waals surface area contributed by atoms with Gasteiger partial charge in [0.1, 0.15) is 11.5 Å². The molecule has 8 heteroatoms. The molecule has 0 unspecified atom stereocenters. The molecule has 2 aromatic carbocycles. The molecule has 1 aromatic heterocycles. The van der Waals surface area contributed by atoms with Gasteiger partial charge in [0.15, 0.2) is 0 Å². The third-order valence-corrected chi connectivity index (χ3v) is 5.41. The smallest absolute Gasteiger partial charge is 0.270 e. The number of morpholine rings is 1. The molecule has 1 amide bonds. The maximum atomic E-state index is 13.3.